The Morgan fingerprint density at radius 3 is 2.86 bits per heavy atom. The van der Waals surface area contributed by atoms with Crippen LogP contribution in [-0.2, 0) is 18.0 Å². The second-order valence-electron chi connectivity index (χ2n) is 4.16. The summed E-state index contributed by atoms with van der Waals surface area (Å²) in [7, 11) is 0. The van der Waals surface area contributed by atoms with E-state index in [-0.39, 0.29) is 24.7 Å². The third-order valence-electron chi connectivity index (χ3n) is 2.83. The molecule has 1 aromatic heterocycles. The zero-order chi connectivity index (χ0) is 15.2. The number of benzene rings is 1. The summed E-state index contributed by atoms with van der Waals surface area (Å²) in [5, 5.41) is 12.7. The van der Waals surface area contributed by atoms with Gasteiger partial charge in [0.15, 0.2) is 0 Å². The van der Waals surface area contributed by atoms with Crippen LogP contribution in [0.4, 0.5) is 4.39 Å². The molecule has 21 heavy (non-hydrogen) atoms. The van der Waals surface area contributed by atoms with Crippen LogP contribution in [0.3, 0.4) is 0 Å². The van der Waals surface area contributed by atoms with Crippen molar-refractivity contribution in [3.05, 3.63) is 47.2 Å². The van der Waals surface area contributed by atoms with E-state index in [2.05, 4.69) is 5.10 Å². The van der Waals surface area contributed by atoms with Gasteiger partial charge >= 0.3 is 5.97 Å². The van der Waals surface area contributed by atoms with E-state index in [1.165, 1.54) is 12.3 Å². The number of halogens is 1. The van der Waals surface area contributed by atoms with Gasteiger partial charge in [-0.05, 0) is 18.6 Å². The quantitative estimate of drug-likeness (QED) is 0.654. The molecule has 0 saturated heterocycles. The fourth-order valence-electron chi connectivity index (χ4n) is 1.85. The maximum Gasteiger partial charge on any atom is 0.338 e. The molecule has 0 amide bonds. The topological polar surface area (TPSA) is 73.6 Å². The van der Waals surface area contributed by atoms with Crippen molar-refractivity contribution in [3.63, 3.8) is 0 Å². The number of esters is 1. The molecule has 0 bridgehead atoms. The van der Waals surface area contributed by atoms with Crippen molar-refractivity contribution in [3.8, 4) is 5.88 Å². The summed E-state index contributed by atoms with van der Waals surface area (Å²) in [5.74, 6) is -0.361. The number of ether oxygens (including phenoxy) is 2. The smallest absolute Gasteiger partial charge is 0.338 e. The maximum absolute atomic E-state index is 13.1. The first-order chi connectivity index (χ1) is 10.2. The van der Waals surface area contributed by atoms with E-state index in [0.29, 0.717) is 16.0 Å². The number of carbonyl (C=O) groups is 1. The molecule has 0 unspecified atom stereocenters. The number of hydrogen-bond donors (Lipinski definition) is 1. The minimum absolute atomic E-state index is 0.0503. The van der Waals surface area contributed by atoms with Crippen molar-refractivity contribution in [2.24, 2.45) is 0 Å². The molecule has 0 aliphatic carbocycles. The van der Waals surface area contributed by atoms with Gasteiger partial charge in [0.25, 0.3) is 0 Å². The molecule has 0 atom stereocenters. The van der Waals surface area contributed by atoms with Crippen molar-refractivity contribution in [1.29, 1.82) is 0 Å². The SMILES string of the molecule is CCOC(=O)c1cccc(CF)c1COc1ccn(O)n1. The molecule has 2 aromatic rings. The van der Waals surface area contributed by atoms with Gasteiger partial charge in [0, 0.05) is 11.6 Å². The first-order valence-electron chi connectivity index (χ1n) is 6.37. The van der Waals surface area contributed by atoms with Gasteiger partial charge in [-0.1, -0.05) is 17.2 Å². The molecule has 2 rings (SSSR count). The lowest BCUT2D eigenvalue weighted by atomic mass is 10.0. The first kappa shape index (κ1) is 14.8. The number of carbonyl (C=O) groups excluding carboxylic acids is 1. The van der Waals surface area contributed by atoms with Crippen molar-refractivity contribution in [2.75, 3.05) is 6.61 Å². The largest absolute Gasteiger partial charge is 0.472 e. The summed E-state index contributed by atoms with van der Waals surface area (Å²) >= 11 is 0. The van der Waals surface area contributed by atoms with Crippen LogP contribution in [0, 0.1) is 0 Å². The lowest BCUT2D eigenvalue weighted by Gasteiger charge is -2.12. The van der Waals surface area contributed by atoms with Crippen LogP contribution in [0.1, 0.15) is 28.4 Å². The van der Waals surface area contributed by atoms with E-state index in [1.807, 2.05) is 0 Å². The summed E-state index contributed by atoms with van der Waals surface area (Å²) in [6, 6.07) is 6.17. The van der Waals surface area contributed by atoms with Gasteiger partial charge in [-0.2, -0.15) is 0 Å². The van der Waals surface area contributed by atoms with E-state index in [1.54, 1.807) is 25.1 Å². The molecule has 6 nitrogen and oxygen atoms in total. The Kier molecular flexibility index (Phi) is 4.76. The average molecular weight is 294 g/mol. The van der Waals surface area contributed by atoms with E-state index in [9.17, 15) is 9.18 Å². The molecular weight excluding hydrogens is 279 g/mol. The lowest BCUT2D eigenvalue weighted by molar-refractivity contribution is 0.0522. The fraction of sp³-hybridized carbons (Fsp3) is 0.286. The highest BCUT2D eigenvalue weighted by Crippen LogP contribution is 2.20. The summed E-state index contributed by atoms with van der Waals surface area (Å²) < 4.78 is 23.4. The van der Waals surface area contributed by atoms with Gasteiger partial charge in [0.2, 0.25) is 5.88 Å². The lowest BCUT2D eigenvalue weighted by Crippen LogP contribution is -2.12. The molecule has 0 spiro atoms. The number of aromatic nitrogens is 2. The van der Waals surface area contributed by atoms with Gasteiger partial charge < -0.3 is 14.7 Å². The van der Waals surface area contributed by atoms with Crippen LogP contribution >= 0.6 is 0 Å². The Morgan fingerprint density at radius 1 is 1.43 bits per heavy atom. The fourth-order valence-corrected chi connectivity index (χ4v) is 1.85. The molecule has 1 N–H and O–H groups in total. The van der Waals surface area contributed by atoms with Crippen LogP contribution in [-0.4, -0.2) is 27.7 Å². The number of nitrogens with zero attached hydrogens (tertiary/aromatic N) is 2. The Balaban J connectivity index is 2.24. The Bertz CT molecular complexity index is 627. The van der Waals surface area contributed by atoms with Gasteiger partial charge in [-0.3, -0.25) is 0 Å². The van der Waals surface area contributed by atoms with Gasteiger partial charge in [-0.25, -0.2) is 9.18 Å². The molecule has 7 heteroatoms. The van der Waals surface area contributed by atoms with Crippen LogP contribution in [0.5, 0.6) is 5.88 Å². The first-order valence-corrected chi connectivity index (χ1v) is 6.37. The molecule has 0 radical (unpaired) electrons. The highest BCUT2D eigenvalue weighted by molar-refractivity contribution is 5.91. The highest BCUT2D eigenvalue weighted by atomic mass is 19.1. The number of alkyl halides is 1. The number of hydrogen-bond acceptors (Lipinski definition) is 5. The van der Waals surface area contributed by atoms with Crippen molar-refractivity contribution in [2.45, 2.75) is 20.2 Å². The van der Waals surface area contributed by atoms with E-state index in [0.717, 1.165) is 0 Å². The Hall–Kier alpha value is -2.57. The van der Waals surface area contributed by atoms with Gasteiger partial charge in [0.1, 0.15) is 13.3 Å². The molecule has 0 aliphatic heterocycles. The second-order valence-corrected chi connectivity index (χ2v) is 4.16. The van der Waals surface area contributed by atoms with Crippen molar-refractivity contribution >= 4 is 5.97 Å². The maximum atomic E-state index is 13.1. The molecule has 0 aliphatic rings. The van der Waals surface area contributed by atoms with Crippen LogP contribution in [0.2, 0.25) is 0 Å². The molecule has 0 fully saturated rings. The molecule has 112 valence electrons. The summed E-state index contributed by atoms with van der Waals surface area (Å²) in [4.78, 5) is 12.5. The zero-order valence-corrected chi connectivity index (χ0v) is 11.5. The third-order valence-corrected chi connectivity index (χ3v) is 2.83. The van der Waals surface area contributed by atoms with Gasteiger partial charge in [0.05, 0.1) is 18.4 Å². The molecule has 0 saturated carbocycles. The minimum atomic E-state index is -0.722. The Morgan fingerprint density at radius 2 is 2.24 bits per heavy atom. The van der Waals surface area contributed by atoms with Gasteiger partial charge in [-0.15, -0.1) is 4.85 Å². The molecule has 1 aromatic carbocycles. The van der Waals surface area contributed by atoms with Crippen molar-refractivity contribution < 1.29 is 23.9 Å². The third kappa shape index (κ3) is 3.50. The predicted octanol–water partition coefficient (Wildman–Crippen LogP) is 2.35. The normalized spacial score (nSPS) is 10.4. The monoisotopic (exact) mass is 294 g/mol. The highest BCUT2D eigenvalue weighted by Gasteiger charge is 2.16. The molecular formula is C14H15FN2O4. The van der Waals surface area contributed by atoms with Crippen LogP contribution in [0.15, 0.2) is 30.5 Å². The van der Waals surface area contributed by atoms with Crippen molar-refractivity contribution in [1.82, 2.24) is 9.94 Å². The predicted molar refractivity (Wildman–Crippen MR) is 71.0 cm³/mol. The second kappa shape index (κ2) is 6.74. The zero-order valence-electron chi connectivity index (χ0n) is 11.5. The average Bonchev–Trinajstić information content (AvgIpc) is 2.90. The number of rotatable bonds is 6. The van der Waals surface area contributed by atoms with E-state index >= 15 is 0 Å². The van der Waals surface area contributed by atoms with E-state index < -0.39 is 12.6 Å². The Labute approximate surface area is 120 Å². The minimum Gasteiger partial charge on any atom is -0.472 e. The molecule has 1 heterocycles. The summed E-state index contributed by atoms with van der Waals surface area (Å²) in [6.45, 7) is 1.15. The standard InChI is InChI=1S/C14H15FN2O4/c1-2-20-14(18)11-5-3-4-10(8-15)12(11)9-21-13-6-7-17(19)16-13/h3-7,19H,2,8-9H2,1H3. The van der Waals surface area contributed by atoms with Crippen LogP contribution in [0.25, 0.3) is 0 Å². The summed E-state index contributed by atoms with van der Waals surface area (Å²) in [6.07, 6.45) is 1.29. The summed E-state index contributed by atoms with van der Waals surface area (Å²) in [5.41, 5.74) is 1.02. The van der Waals surface area contributed by atoms with Crippen LogP contribution < -0.4 is 4.74 Å². The van der Waals surface area contributed by atoms with E-state index in [4.69, 9.17) is 14.7 Å².